The standard InChI is InChI=1S/C16H21N3O3/c1-11(20)12-5-4-8-18(9-12)15(21)10-19-14-7-3-2-6-13(14)17-16(19)22/h2-3,6-7,11-12,20H,4-5,8-10H2,1H3,(H,17,22). The summed E-state index contributed by atoms with van der Waals surface area (Å²) in [5.74, 6) is 0.0505. The highest BCUT2D eigenvalue weighted by atomic mass is 16.3. The van der Waals surface area contributed by atoms with Crippen LogP contribution < -0.4 is 5.69 Å². The van der Waals surface area contributed by atoms with Gasteiger partial charge in [0.05, 0.1) is 17.1 Å². The molecule has 0 bridgehead atoms. The minimum atomic E-state index is -0.411. The summed E-state index contributed by atoms with van der Waals surface area (Å²) in [4.78, 5) is 29.0. The molecule has 1 aromatic carbocycles. The van der Waals surface area contributed by atoms with Crippen molar-refractivity contribution in [2.45, 2.75) is 32.4 Å². The molecular formula is C16H21N3O3. The van der Waals surface area contributed by atoms with Crippen LogP contribution in [0.25, 0.3) is 11.0 Å². The first-order valence-corrected chi connectivity index (χ1v) is 7.69. The number of piperidine rings is 1. The molecule has 1 aliphatic rings. The van der Waals surface area contributed by atoms with E-state index in [1.807, 2.05) is 24.3 Å². The second kappa shape index (κ2) is 5.96. The molecule has 2 heterocycles. The molecule has 2 atom stereocenters. The molecule has 2 unspecified atom stereocenters. The van der Waals surface area contributed by atoms with Crippen molar-refractivity contribution in [3.63, 3.8) is 0 Å². The predicted molar refractivity (Wildman–Crippen MR) is 83.5 cm³/mol. The number of H-pyrrole nitrogens is 1. The fraction of sp³-hybridized carbons (Fsp3) is 0.500. The van der Waals surface area contributed by atoms with Gasteiger partial charge >= 0.3 is 5.69 Å². The van der Waals surface area contributed by atoms with Gasteiger partial charge < -0.3 is 15.0 Å². The van der Waals surface area contributed by atoms with E-state index in [0.717, 1.165) is 23.9 Å². The summed E-state index contributed by atoms with van der Waals surface area (Å²) in [6.07, 6.45) is 1.42. The highest BCUT2D eigenvalue weighted by Gasteiger charge is 2.26. The maximum absolute atomic E-state index is 12.5. The predicted octanol–water partition coefficient (Wildman–Crippen LogP) is 0.949. The fourth-order valence-electron chi connectivity index (χ4n) is 3.13. The number of imidazole rings is 1. The van der Waals surface area contributed by atoms with Gasteiger partial charge in [-0.1, -0.05) is 12.1 Å². The van der Waals surface area contributed by atoms with Gasteiger partial charge in [-0.25, -0.2) is 4.79 Å². The summed E-state index contributed by atoms with van der Waals surface area (Å²) >= 11 is 0. The molecule has 22 heavy (non-hydrogen) atoms. The summed E-state index contributed by atoms with van der Waals surface area (Å²) < 4.78 is 1.48. The summed E-state index contributed by atoms with van der Waals surface area (Å²) in [6, 6.07) is 7.35. The molecule has 1 amide bonds. The molecule has 1 saturated heterocycles. The number of hydrogen-bond acceptors (Lipinski definition) is 3. The van der Waals surface area contributed by atoms with Crippen molar-refractivity contribution in [1.29, 1.82) is 0 Å². The Kier molecular flexibility index (Phi) is 4.02. The molecule has 6 nitrogen and oxygen atoms in total. The van der Waals surface area contributed by atoms with Crippen LogP contribution in [0.5, 0.6) is 0 Å². The molecule has 0 spiro atoms. The number of fused-ring (bicyclic) bond motifs is 1. The zero-order valence-electron chi connectivity index (χ0n) is 12.7. The highest BCUT2D eigenvalue weighted by molar-refractivity contribution is 5.80. The van der Waals surface area contributed by atoms with Crippen LogP contribution in [0, 0.1) is 5.92 Å². The van der Waals surface area contributed by atoms with Crippen LogP contribution in [0.4, 0.5) is 0 Å². The minimum absolute atomic E-state index is 0.0371. The molecule has 0 saturated carbocycles. The maximum Gasteiger partial charge on any atom is 0.326 e. The number of carbonyl (C=O) groups is 1. The first-order chi connectivity index (χ1) is 10.6. The van der Waals surface area contributed by atoms with Crippen molar-refractivity contribution < 1.29 is 9.90 Å². The lowest BCUT2D eigenvalue weighted by molar-refractivity contribution is -0.134. The Labute approximate surface area is 128 Å². The average Bonchev–Trinajstić information content (AvgIpc) is 2.83. The number of nitrogens with one attached hydrogen (secondary N) is 1. The minimum Gasteiger partial charge on any atom is -0.393 e. The number of aromatic nitrogens is 2. The number of hydrogen-bond donors (Lipinski definition) is 2. The van der Waals surface area contributed by atoms with E-state index in [1.165, 1.54) is 4.57 Å². The number of benzene rings is 1. The van der Waals surface area contributed by atoms with Gasteiger partial charge in [0.25, 0.3) is 0 Å². The van der Waals surface area contributed by atoms with Crippen molar-refractivity contribution in [2.75, 3.05) is 13.1 Å². The molecule has 0 radical (unpaired) electrons. The molecule has 6 heteroatoms. The van der Waals surface area contributed by atoms with Gasteiger partial charge in [0.1, 0.15) is 6.54 Å². The van der Waals surface area contributed by atoms with Crippen LogP contribution in [0.3, 0.4) is 0 Å². The molecule has 1 aliphatic heterocycles. The largest absolute Gasteiger partial charge is 0.393 e. The monoisotopic (exact) mass is 303 g/mol. The Balaban J connectivity index is 1.78. The summed E-state index contributed by atoms with van der Waals surface area (Å²) in [5, 5.41) is 9.72. The van der Waals surface area contributed by atoms with E-state index in [-0.39, 0.29) is 24.1 Å². The molecule has 1 aromatic heterocycles. The number of amides is 1. The smallest absolute Gasteiger partial charge is 0.326 e. The van der Waals surface area contributed by atoms with Crippen LogP contribution in [0.2, 0.25) is 0 Å². The zero-order valence-corrected chi connectivity index (χ0v) is 12.7. The quantitative estimate of drug-likeness (QED) is 0.886. The molecule has 1 fully saturated rings. The second-order valence-corrected chi connectivity index (χ2v) is 6.02. The Bertz CT molecular complexity index is 732. The SMILES string of the molecule is CC(O)C1CCCN(C(=O)Cn2c(=O)[nH]c3ccccc32)C1. The van der Waals surface area contributed by atoms with Crippen LogP contribution in [-0.2, 0) is 11.3 Å². The van der Waals surface area contributed by atoms with Crippen molar-refractivity contribution in [3.05, 3.63) is 34.7 Å². The van der Waals surface area contributed by atoms with Crippen LogP contribution in [-0.4, -0.2) is 44.7 Å². The first-order valence-electron chi connectivity index (χ1n) is 7.69. The van der Waals surface area contributed by atoms with Crippen LogP contribution >= 0.6 is 0 Å². The summed E-state index contributed by atoms with van der Waals surface area (Å²) in [6.45, 7) is 3.06. The normalized spacial score (nSPS) is 20.3. The number of rotatable bonds is 3. The third-order valence-electron chi connectivity index (χ3n) is 4.47. The average molecular weight is 303 g/mol. The Hall–Kier alpha value is -2.08. The van der Waals surface area contributed by atoms with Crippen molar-refractivity contribution in [2.24, 2.45) is 5.92 Å². The molecule has 3 rings (SSSR count). The van der Waals surface area contributed by atoms with Gasteiger partial charge in [-0.3, -0.25) is 9.36 Å². The van der Waals surface area contributed by atoms with E-state index in [2.05, 4.69) is 4.98 Å². The van der Waals surface area contributed by atoms with E-state index < -0.39 is 6.10 Å². The van der Waals surface area contributed by atoms with Gasteiger partial charge in [-0.15, -0.1) is 0 Å². The molecule has 2 N–H and O–H groups in total. The van der Waals surface area contributed by atoms with E-state index in [9.17, 15) is 14.7 Å². The lowest BCUT2D eigenvalue weighted by Crippen LogP contribution is -2.44. The Morgan fingerprint density at radius 1 is 1.45 bits per heavy atom. The van der Waals surface area contributed by atoms with E-state index in [0.29, 0.717) is 13.1 Å². The number of aliphatic hydroxyl groups is 1. The van der Waals surface area contributed by atoms with Crippen molar-refractivity contribution >= 4 is 16.9 Å². The fourth-order valence-corrected chi connectivity index (χ4v) is 3.13. The number of para-hydroxylation sites is 2. The van der Waals surface area contributed by atoms with E-state index in [1.54, 1.807) is 11.8 Å². The topological polar surface area (TPSA) is 78.3 Å². The maximum atomic E-state index is 12.5. The third-order valence-corrected chi connectivity index (χ3v) is 4.47. The molecule has 2 aromatic rings. The first kappa shape index (κ1) is 14.8. The van der Waals surface area contributed by atoms with Crippen LogP contribution in [0.15, 0.2) is 29.1 Å². The van der Waals surface area contributed by atoms with Gasteiger partial charge in [0.2, 0.25) is 5.91 Å². The second-order valence-electron chi connectivity index (χ2n) is 6.02. The van der Waals surface area contributed by atoms with Gasteiger partial charge in [-0.05, 0) is 31.9 Å². The molecule has 118 valence electrons. The van der Waals surface area contributed by atoms with Crippen molar-refractivity contribution in [1.82, 2.24) is 14.5 Å². The summed E-state index contributed by atoms with van der Waals surface area (Å²) in [7, 11) is 0. The van der Waals surface area contributed by atoms with E-state index in [4.69, 9.17) is 0 Å². The number of aromatic amines is 1. The highest BCUT2D eigenvalue weighted by Crippen LogP contribution is 2.20. The molecular weight excluding hydrogens is 282 g/mol. The number of aliphatic hydroxyl groups excluding tert-OH is 1. The van der Waals surface area contributed by atoms with Gasteiger partial charge in [0, 0.05) is 19.0 Å². The zero-order chi connectivity index (χ0) is 15.7. The lowest BCUT2D eigenvalue weighted by Gasteiger charge is -2.34. The number of carbonyl (C=O) groups excluding carboxylic acids is 1. The Morgan fingerprint density at radius 2 is 2.23 bits per heavy atom. The van der Waals surface area contributed by atoms with Crippen molar-refractivity contribution in [3.8, 4) is 0 Å². The van der Waals surface area contributed by atoms with Gasteiger partial charge in [0.15, 0.2) is 0 Å². The van der Waals surface area contributed by atoms with E-state index >= 15 is 0 Å². The number of likely N-dealkylation sites (tertiary alicyclic amines) is 1. The summed E-state index contributed by atoms with van der Waals surface area (Å²) in [5.41, 5.74) is 1.21. The number of nitrogens with zero attached hydrogens (tertiary/aromatic N) is 2. The van der Waals surface area contributed by atoms with Crippen LogP contribution in [0.1, 0.15) is 19.8 Å². The lowest BCUT2D eigenvalue weighted by atomic mass is 9.93. The van der Waals surface area contributed by atoms with Gasteiger partial charge in [-0.2, -0.15) is 0 Å². The third kappa shape index (κ3) is 2.78. The molecule has 0 aliphatic carbocycles. The Morgan fingerprint density at radius 3 is 3.00 bits per heavy atom.